The Labute approximate surface area is 110 Å². The number of aryl methyl sites for hydroxylation is 2. The molecule has 0 amide bonds. The van der Waals surface area contributed by atoms with Crippen molar-refractivity contribution in [3.8, 4) is 0 Å². The first-order valence-corrected chi connectivity index (χ1v) is 7.18. The largest absolute Gasteiger partial charge is 0.466 e. The van der Waals surface area contributed by atoms with Gasteiger partial charge < -0.3 is 4.42 Å². The molecule has 1 aliphatic rings. The minimum atomic E-state index is 0.250. The van der Waals surface area contributed by atoms with Gasteiger partial charge in [0.2, 0.25) is 0 Å². The van der Waals surface area contributed by atoms with Crippen molar-refractivity contribution in [2.75, 3.05) is 0 Å². The summed E-state index contributed by atoms with van der Waals surface area (Å²) < 4.78 is 5.63. The first kappa shape index (κ1) is 13.6. The summed E-state index contributed by atoms with van der Waals surface area (Å²) in [4.78, 5) is 0. The van der Waals surface area contributed by atoms with Gasteiger partial charge in [-0.05, 0) is 44.6 Å². The van der Waals surface area contributed by atoms with E-state index in [0.717, 1.165) is 17.4 Å². The van der Waals surface area contributed by atoms with Gasteiger partial charge in [-0.2, -0.15) is 0 Å². The van der Waals surface area contributed by atoms with E-state index in [1.807, 2.05) is 13.8 Å². The molecule has 3 nitrogen and oxygen atoms in total. The number of nitrogens with two attached hydrogens (primary N) is 1. The summed E-state index contributed by atoms with van der Waals surface area (Å²) in [6, 6.07) is 2.38. The van der Waals surface area contributed by atoms with Gasteiger partial charge in [0.1, 0.15) is 11.5 Å². The lowest BCUT2D eigenvalue weighted by molar-refractivity contribution is 0.218. The van der Waals surface area contributed by atoms with E-state index in [0.29, 0.717) is 5.92 Å². The average Bonchev–Trinajstić information content (AvgIpc) is 2.70. The molecule has 0 radical (unpaired) electrons. The summed E-state index contributed by atoms with van der Waals surface area (Å²) >= 11 is 0. The fourth-order valence-corrected chi connectivity index (χ4v) is 3.37. The molecule has 0 saturated heterocycles. The number of hydrazine groups is 1. The molecular formula is C15H26N2O. The summed E-state index contributed by atoms with van der Waals surface area (Å²) in [7, 11) is 0. The molecule has 2 rings (SSSR count). The van der Waals surface area contributed by atoms with Gasteiger partial charge in [0, 0.05) is 5.56 Å². The van der Waals surface area contributed by atoms with Crippen LogP contribution in [-0.2, 0) is 0 Å². The molecule has 0 aromatic carbocycles. The summed E-state index contributed by atoms with van der Waals surface area (Å²) in [6.45, 7) is 6.33. The second-order valence-corrected chi connectivity index (χ2v) is 5.70. The standard InChI is InChI=1S/C15H26N2O/c1-4-12-5-7-13(8-6-12)15(17-16)14-9-10(2)18-11(14)3/h9,12-13,15,17H,4-8,16H2,1-3H3. The van der Waals surface area contributed by atoms with Crippen LogP contribution in [0.1, 0.15) is 62.2 Å². The van der Waals surface area contributed by atoms with Crippen LogP contribution in [0.25, 0.3) is 0 Å². The van der Waals surface area contributed by atoms with Crippen LogP contribution in [0.15, 0.2) is 10.5 Å². The van der Waals surface area contributed by atoms with Gasteiger partial charge in [0.05, 0.1) is 6.04 Å². The summed E-state index contributed by atoms with van der Waals surface area (Å²) in [5, 5.41) is 0. The van der Waals surface area contributed by atoms with Crippen molar-refractivity contribution in [3.63, 3.8) is 0 Å². The first-order chi connectivity index (χ1) is 8.65. The zero-order chi connectivity index (χ0) is 13.1. The molecule has 3 N–H and O–H groups in total. The van der Waals surface area contributed by atoms with Crippen molar-refractivity contribution in [1.29, 1.82) is 0 Å². The molecule has 1 unspecified atom stereocenters. The van der Waals surface area contributed by atoms with Crippen molar-refractivity contribution in [2.24, 2.45) is 17.7 Å². The molecule has 1 fully saturated rings. The summed E-state index contributed by atoms with van der Waals surface area (Å²) in [5.74, 6) is 9.34. The summed E-state index contributed by atoms with van der Waals surface area (Å²) in [6.07, 6.45) is 6.55. The normalized spacial score (nSPS) is 26.2. The Morgan fingerprint density at radius 1 is 1.33 bits per heavy atom. The lowest BCUT2D eigenvalue weighted by Gasteiger charge is -2.33. The van der Waals surface area contributed by atoms with Gasteiger partial charge in [-0.25, -0.2) is 0 Å². The smallest absolute Gasteiger partial charge is 0.105 e. The van der Waals surface area contributed by atoms with Crippen molar-refractivity contribution >= 4 is 0 Å². The molecule has 1 atom stereocenters. The highest BCUT2D eigenvalue weighted by atomic mass is 16.3. The van der Waals surface area contributed by atoms with E-state index in [-0.39, 0.29) is 6.04 Å². The fraction of sp³-hybridized carbons (Fsp3) is 0.733. The second kappa shape index (κ2) is 5.89. The lowest BCUT2D eigenvalue weighted by atomic mass is 9.76. The highest BCUT2D eigenvalue weighted by Crippen LogP contribution is 2.38. The predicted molar refractivity (Wildman–Crippen MR) is 74.0 cm³/mol. The highest BCUT2D eigenvalue weighted by Gasteiger charge is 2.29. The van der Waals surface area contributed by atoms with Crippen LogP contribution in [0.3, 0.4) is 0 Å². The van der Waals surface area contributed by atoms with Crippen LogP contribution in [0, 0.1) is 25.7 Å². The molecule has 18 heavy (non-hydrogen) atoms. The van der Waals surface area contributed by atoms with Crippen LogP contribution < -0.4 is 11.3 Å². The van der Waals surface area contributed by atoms with E-state index in [1.165, 1.54) is 37.7 Å². The number of nitrogens with one attached hydrogen (secondary N) is 1. The van der Waals surface area contributed by atoms with Gasteiger partial charge in [-0.3, -0.25) is 11.3 Å². The fourth-order valence-electron chi connectivity index (χ4n) is 3.37. The lowest BCUT2D eigenvalue weighted by Crippen LogP contribution is -2.35. The molecule has 1 aromatic rings. The SMILES string of the molecule is CCC1CCC(C(NN)c2cc(C)oc2C)CC1. The minimum absolute atomic E-state index is 0.250. The third-order valence-corrected chi connectivity index (χ3v) is 4.53. The zero-order valence-electron chi connectivity index (χ0n) is 11.8. The van der Waals surface area contributed by atoms with Crippen LogP contribution in [0.5, 0.6) is 0 Å². The van der Waals surface area contributed by atoms with E-state index >= 15 is 0 Å². The van der Waals surface area contributed by atoms with E-state index in [2.05, 4.69) is 18.4 Å². The Balaban J connectivity index is 2.08. The van der Waals surface area contributed by atoms with E-state index in [9.17, 15) is 0 Å². The Hall–Kier alpha value is -0.800. The molecule has 1 saturated carbocycles. The molecule has 1 aromatic heterocycles. The van der Waals surface area contributed by atoms with Crippen molar-refractivity contribution in [3.05, 3.63) is 23.2 Å². The Morgan fingerprint density at radius 2 is 2.00 bits per heavy atom. The second-order valence-electron chi connectivity index (χ2n) is 5.70. The maximum atomic E-state index is 5.79. The highest BCUT2D eigenvalue weighted by molar-refractivity contribution is 5.24. The van der Waals surface area contributed by atoms with E-state index in [1.54, 1.807) is 0 Å². The van der Waals surface area contributed by atoms with Crippen LogP contribution >= 0.6 is 0 Å². The number of hydrogen-bond acceptors (Lipinski definition) is 3. The molecule has 0 spiro atoms. The number of rotatable bonds is 4. The topological polar surface area (TPSA) is 51.2 Å². The van der Waals surface area contributed by atoms with Crippen LogP contribution in [0.2, 0.25) is 0 Å². The van der Waals surface area contributed by atoms with Gasteiger partial charge >= 0.3 is 0 Å². The molecule has 1 aliphatic carbocycles. The first-order valence-electron chi connectivity index (χ1n) is 7.18. The Bertz CT molecular complexity index is 378. The van der Waals surface area contributed by atoms with Gasteiger partial charge in [0.15, 0.2) is 0 Å². The summed E-state index contributed by atoms with van der Waals surface area (Å²) in [5.41, 5.74) is 4.26. The van der Waals surface area contributed by atoms with Crippen LogP contribution in [-0.4, -0.2) is 0 Å². The molecule has 1 heterocycles. The third-order valence-electron chi connectivity index (χ3n) is 4.53. The van der Waals surface area contributed by atoms with Crippen molar-refractivity contribution < 1.29 is 4.42 Å². The van der Waals surface area contributed by atoms with Crippen LogP contribution in [0.4, 0.5) is 0 Å². The van der Waals surface area contributed by atoms with E-state index in [4.69, 9.17) is 10.3 Å². The Kier molecular flexibility index (Phi) is 4.46. The maximum absolute atomic E-state index is 5.79. The van der Waals surface area contributed by atoms with Gasteiger partial charge in [-0.15, -0.1) is 0 Å². The molecular weight excluding hydrogens is 224 g/mol. The number of furan rings is 1. The molecule has 0 bridgehead atoms. The monoisotopic (exact) mass is 250 g/mol. The number of hydrogen-bond donors (Lipinski definition) is 2. The average molecular weight is 250 g/mol. The zero-order valence-corrected chi connectivity index (χ0v) is 11.8. The minimum Gasteiger partial charge on any atom is -0.466 e. The molecule has 0 aliphatic heterocycles. The quantitative estimate of drug-likeness (QED) is 0.634. The van der Waals surface area contributed by atoms with Crippen molar-refractivity contribution in [2.45, 2.75) is 58.9 Å². The predicted octanol–water partition coefficient (Wildman–Crippen LogP) is 3.62. The van der Waals surface area contributed by atoms with E-state index < -0.39 is 0 Å². The molecule has 102 valence electrons. The van der Waals surface area contributed by atoms with Gasteiger partial charge in [-0.1, -0.05) is 26.2 Å². The van der Waals surface area contributed by atoms with Gasteiger partial charge in [0.25, 0.3) is 0 Å². The maximum Gasteiger partial charge on any atom is 0.105 e. The Morgan fingerprint density at radius 3 is 2.44 bits per heavy atom. The third kappa shape index (κ3) is 2.78. The molecule has 3 heteroatoms. The van der Waals surface area contributed by atoms with Crippen molar-refractivity contribution in [1.82, 2.24) is 5.43 Å².